The van der Waals surface area contributed by atoms with Gasteiger partial charge in [-0.25, -0.2) is 4.98 Å². The summed E-state index contributed by atoms with van der Waals surface area (Å²) in [6, 6.07) is 12.5. The highest BCUT2D eigenvalue weighted by molar-refractivity contribution is 5.77. The Kier molecular flexibility index (Phi) is 5.26. The Hall–Kier alpha value is -3.45. The fourth-order valence-electron chi connectivity index (χ4n) is 4.03. The van der Waals surface area contributed by atoms with Crippen LogP contribution < -0.4 is 14.8 Å². The van der Waals surface area contributed by atoms with Crippen molar-refractivity contribution in [2.75, 3.05) is 13.7 Å². The first-order valence-corrected chi connectivity index (χ1v) is 10.4. The van der Waals surface area contributed by atoms with Crippen molar-refractivity contribution in [3.8, 4) is 28.5 Å². The quantitative estimate of drug-likeness (QED) is 0.486. The number of aromatic nitrogens is 3. The van der Waals surface area contributed by atoms with Crippen LogP contribution in [0, 0.1) is 5.82 Å². The molecule has 2 aromatic carbocycles. The number of methoxy groups -OCH3 is 1. The highest BCUT2D eigenvalue weighted by atomic mass is 19.1. The zero-order chi connectivity index (χ0) is 21.2. The highest BCUT2D eigenvalue weighted by Crippen LogP contribution is 2.33. The molecule has 31 heavy (non-hydrogen) atoms. The summed E-state index contributed by atoms with van der Waals surface area (Å²) in [4.78, 5) is 9.27. The lowest BCUT2D eigenvalue weighted by molar-refractivity contribution is 0.368. The number of nitrogens with one attached hydrogen (secondary N) is 1. The van der Waals surface area contributed by atoms with Gasteiger partial charge in [0.1, 0.15) is 11.6 Å². The molecule has 1 aliphatic heterocycles. The molecule has 4 aromatic rings. The molecule has 5 rings (SSSR count). The minimum atomic E-state index is -0.523. The van der Waals surface area contributed by atoms with Crippen LogP contribution in [0.5, 0.6) is 17.2 Å². The van der Waals surface area contributed by atoms with Crippen molar-refractivity contribution in [1.29, 1.82) is 0 Å². The van der Waals surface area contributed by atoms with Gasteiger partial charge in [-0.15, -0.1) is 0 Å². The molecule has 6 nitrogen and oxygen atoms in total. The van der Waals surface area contributed by atoms with Crippen molar-refractivity contribution >= 4 is 5.52 Å². The molecule has 1 unspecified atom stereocenters. The van der Waals surface area contributed by atoms with E-state index in [2.05, 4.69) is 14.7 Å². The zero-order valence-electron chi connectivity index (χ0n) is 17.2. The van der Waals surface area contributed by atoms with E-state index in [1.807, 2.05) is 36.7 Å². The summed E-state index contributed by atoms with van der Waals surface area (Å²) in [5.41, 5.74) is 2.78. The van der Waals surface area contributed by atoms with Crippen LogP contribution in [-0.2, 0) is 0 Å². The van der Waals surface area contributed by atoms with Gasteiger partial charge in [-0.1, -0.05) is 12.5 Å². The average molecular weight is 418 g/mol. The van der Waals surface area contributed by atoms with E-state index in [0.29, 0.717) is 5.75 Å². The van der Waals surface area contributed by atoms with E-state index in [-0.39, 0.29) is 17.5 Å². The first-order chi connectivity index (χ1) is 15.2. The average Bonchev–Trinajstić information content (AvgIpc) is 3.21. The first kappa shape index (κ1) is 19.5. The van der Waals surface area contributed by atoms with E-state index in [1.165, 1.54) is 20.0 Å². The molecule has 7 heteroatoms. The number of hydrogen-bond acceptors (Lipinski definition) is 5. The maximum Gasteiger partial charge on any atom is 0.207 e. The molecule has 3 heterocycles. The van der Waals surface area contributed by atoms with Gasteiger partial charge < -0.3 is 14.8 Å². The van der Waals surface area contributed by atoms with Crippen LogP contribution in [0.15, 0.2) is 61.1 Å². The van der Waals surface area contributed by atoms with E-state index < -0.39 is 5.82 Å². The maximum absolute atomic E-state index is 14.4. The van der Waals surface area contributed by atoms with E-state index >= 15 is 0 Å². The number of hydrogen-bond donors (Lipinski definition) is 1. The molecule has 1 N–H and O–H groups in total. The van der Waals surface area contributed by atoms with Crippen molar-refractivity contribution in [3.63, 3.8) is 0 Å². The Morgan fingerprint density at radius 3 is 2.71 bits per heavy atom. The summed E-state index contributed by atoms with van der Waals surface area (Å²) in [6.07, 6.45) is 9.04. The van der Waals surface area contributed by atoms with Crippen molar-refractivity contribution < 1.29 is 13.9 Å². The van der Waals surface area contributed by atoms with Gasteiger partial charge >= 0.3 is 0 Å². The summed E-state index contributed by atoms with van der Waals surface area (Å²) in [7, 11) is 1.43. The smallest absolute Gasteiger partial charge is 0.207 e. The lowest BCUT2D eigenvalue weighted by Gasteiger charge is -2.22. The van der Waals surface area contributed by atoms with Crippen LogP contribution >= 0.6 is 0 Å². The molecule has 0 bridgehead atoms. The SMILES string of the molecule is COc1cccc(Oc2ccc(-c3nc(C4CCCCN4)n4ccncc34)cc2)c1F. The number of rotatable bonds is 5. The van der Waals surface area contributed by atoms with E-state index in [9.17, 15) is 4.39 Å². The number of nitrogens with zero attached hydrogens (tertiary/aromatic N) is 3. The van der Waals surface area contributed by atoms with Gasteiger partial charge in [0, 0.05) is 18.0 Å². The molecule has 158 valence electrons. The Morgan fingerprint density at radius 2 is 1.94 bits per heavy atom. The normalized spacial score (nSPS) is 16.4. The topological polar surface area (TPSA) is 60.7 Å². The molecule has 0 radical (unpaired) electrons. The predicted octanol–water partition coefficient (Wildman–Crippen LogP) is 5.15. The highest BCUT2D eigenvalue weighted by Gasteiger charge is 2.22. The van der Waals surface area contributed by atoms with Crippen molar-refractivity contribution in [1.82, 2.24) is 19.7 Å². The summed E-state index contributed by atoms with van der Waals surface area (Å²) in [6.45, 7) is 1.01. The Balaban J connectivity index is 1.46. The third kappa shape index (κ3) is 3.72. The van der Waals surface area contributed by atoms with Gasteiger partial charge in [-0.3, -0.25) is 9.38 Å². The van der Waals surface area contributed by atoms with Crippen molar-refractivity contribution in [3.05, 3.63) is 72.7 Å². The zero-order valence-corrected chi connectivity index (χ0v) is 17.2. The molecule has 0 aliphatic carbocycles. The molecule has 0 amide bonds. The maximum atomic E-state index is 14.4. The molecule has 2 aromatic heterocycles. The van der Waals surface area contributed by atoms with Crippen molar-refractivity contribution in [2.45, 2.75) is 25.3 Å². The van der Waals surface area contributed by atoms with Crippen LogP contribution in [0.3, 0.4) is 0 Å². The third-order valence-electron chi connectivity index (χ3n) is 5.60. The van der Waals surface area contributed by atoms with E-state index in [1.54, 1.807) is 24.4 Å². The summed E-state index contributed by atoms with van der Waals surface area (Å²) >= 11 is 0. The van der Waals surface area contributed by atoms with Gasteiger partial charge in [0.2, 0.25) is 5.82 Å². The number of piperidine rings is 1. The molecule has 0 saturated carbocycles. The Labute approximate surface area is 179 Å². The summed E-state index contributed by atoms with van der Waals surface area (Å²) < 4.78 is 27.2. The monoisotopic (exact) mass is 418 g/mol. The molecule has 1 aliphatic rings. The number of benzene rings is 2. The number of imidazole rings is 1. The molecule has 1 atom stereocenters. The summed E-state index contributed by atoms with van der Waals surface area (Å²) in [5, 5.41) is 3.57. The van der Waals surface area contributed by atoms with Gasteiger partial charge in [-0.2, -0.15) is 4.39 Å². The minimum Gasteiger partial charge on any atom is -0.494 e. The predicted molar refractivity (Wildman–Crippen MR) is 116 cm³/mol. The largest absolute Gasteiger partial charge is 0.494 e. The fourth-order valence-corrected chi connectivity index (χ4v) is 4.03. The van der Waals surface area contributed by atoms with Gasteiger partial charge in [0.15, 0.2) is 11.5 Å². The standard InChI is InChI=1S/C24H23FN4O2/c1-30-20-6-4-7-21(22(20)25)31-17-10-8-16(9-11-17)23-19-15-26-13-14-29(19)24(28-23)18-5-2-3-12-27-18/h4,6-11,13-15,18,27H,2-3,5,12H2,1H3. The van der Waals surface area contributed by atoms with Crippen molar-refractivity contribution in [2.24, 2.45) is 0 Å². The number of fused-ring (bicyclic) bond motifs is 1. The lowest BCUT2D eigenvalue weighted by Crippen LogP contribution is -2.28. The van der Waals surface area contributed by atoms with Crippen LogP contribution in [0.2, 0.25) is 0 Å². The molecule has 1 saturated heterocycles. The second-order valence-corrected chi connectivity index (χ2v) is 7.55. The first-order valence-electron chi connectivity index (χ1n) is 10.4. The molecule has 0 spiro atoms. The van der Waals surface area contributed by atoms with Crippen LogP contribution in [0.4, 0.5) is 4.39 Å². The third-order valence-corrected chi connectivity index (χ3v) is 5.60. The van der Waals surface area contributed by atoms with Gasteiger partial charge in [0.05, 0.1) is 30.6 Å². The van der Waals surface area contributed by atoms with Crippen LogP contribution in [0.25, 0.3) is 16.8 Å². The number of halogens is 1. The van der Waals surface area contributed by atoms with E-state index in [0.717, 1.165) is 35.6 Å². The molecular formula is C24H23FN4O2. The van der Waals surface area contributed by atoms with Crippen LogP contribution in [0.1, 0.15) is 31.1 Å². The number of ether oxygens (including phenoxy) is 2. The Morgan fingerprint density at radius 1 is 1.10 bits per heavy atom. The second kappa shape index (κ2) is 8.35. The van der Waals surface area contributed by atoms with E-state index in [4.69, 9.17) is 14.5 Å². The molecular weight excluding hydrogens is 395 g/mol. The summed E-state index contributed by atoms with van der Waals surface area (Å²) in [5.74, 6) is 1.28. The minimum absolute atomic E-state index is 0.120. The second-order valence-electron chi connectivity index (χ2n) is 7.55. The lowest BCUT2D eigenvalue weighted by atomic mass is 10.0. The van der Waals surface area contributed by atoms with Gasteiger partial charge in [-0.05, 0) is 55.8 Å². The molecule has 1 fully saturated rings. The Bertz CT molecular complexity index is 1200. The van der Waals surface area contributed by atoms with Crippen LogP contribution in [-0.4, -0.2) is 28.0 Å². The van der Waals surface area contributed by atoms with Gasteiger partial charge in [0.25, 0.3) is 0 Å². The fraction of sp³-hybridized carbons (Fsp3) is 0.250.